The first-order valence-corrected chi connectivity index (χ1v) is 7.95. The smallest absolute Gasteiger partial charge is 0.289 e. The van der Waals surface area contributed by atoms with Gasteiger partial charge in [-0.1, -0.05) is 26.0 Å². The highest BCUT2D eigenvalue weighted by molar-refractivity contribution is 6.00. The first-order valence-electron chi connectivity index (χ1n) is 7.95. The lowest BCUT2D eigenvalue weighted by atomic mass is 9.95. The summed E-state index contributed by atoms with van der Waals surface area (Å²) in [5, 5.41) is 10.4. The van der Waals surface area contributed by atoms with Crippen LogP contribution in [0.4, 0.5) is 0 Å². The van der Waals surface area contributed by atoms with Crippen LogP contribution in [0.2, 0.25) is 0 Å². The topological polar surface area (TPSA) is 53.7 Å². The number of phenols is 1. The van der Waals surface area contributed by atoms with Gasteiger partial charge in [0.05, 0.1) is 0 Å². The van der Waals surface area contributed by atoms with Gasteiger partial charge in [0.1, 0.15) is 11.3 Å². The number of carbonyl (C=O) groups excluding carboxylic acids is 1. The molecule has 0 saturated heterocycles. The van der Waals surface area contributed by atoms with E-state index in [1.54, 1.807) is 32.3 Å². The summed E-state index contributed by atoms with van der Waals surface area (Å²) < 4.78 is 5.89. The lowest BCUT2D eigenvalue weighted by Crippen LogP contribution is -2.20. The van der Waals surface area contributed by atoms with E-state index >= 15 is 0 Å². The average molecular weight is 323 g/mol. The minimum absolute atomic E-state index is 0.158. The molecule has 0 fully saturated rings. The molecule has 0 spiro atoms. The van der Waals surface area contributed by atoms with Crippen LogP contribution in [-0.2, 0) is 0 Å². The van der Waals surface area contributed by atoms with E-state index in [1.807, 2.05) is 12.1 Å². The number of carbonyl (C=O) groups is 1. The van der Waals surface area contributed by atoms with E-state index in [4.69, 9.17) is 4.42 Å². The zero-order valence-corrected chi connectivity index (χ0v) is 14.3. The molecule has 0 atom stereocenters. The number of rotatable bonds is 3. The Morgan fingerprint density at radius 2 is 1.75 bits per heavy atom. The van der Waals surface area contributed by atoms with Crippen molar-refractivity contribution >= 4 is 16.9 Å². The van der Waals surface area contributed by atoms with Crippen LogP contribution in [0.3, 0.4) is 0 Å². The van der Waals surface area contributed by atoms with Gasteiger partial charge in [-0.2, -0.15) is 0 Å². The van der Waals surface area contributed by atoms with Crippen molar-refractivity contribution in [1.29, 1.82) is 0 Å². The van der Waals surface area contributed by atoms with Gasteiger partial charge in [-0.05, 0) is 47.4 Å². The summed E-state index contributed by atoms with van der Waals surface area (Å²) in [5.74, 6) is 0.746. The maximum Gasteiger partial charge on any atom is 0.289 e. The van der Waals surface area contributed by atoms with E-state index in [0.29, 0.717) is 17.3 Å². The number of hydrogen-bond acceptors (Lipinski definition) is 3. The van der Waals surface area contributed by atoms with Crippen molar-refractivity contribution in [2.75, 3.05) is 14.1 Å². The summed E-state index contributed by atoms with van der Waals surface area (Å²) in [6, 6.07) is 13.0. The van der Waals surface area contributed by atoms with Gasteiger partial charge < -0.3 is 14.4 Å². The van der Waals surface area contributed by atoms with Crippen LogP contribution in [0.5, 0.6) is 5.75 Å². The number of fused-ring (bicyclic) bond motifs is 1. The normalized spacial score (nSPS) is 11.2. The molecular weight excluding hydrogens is 302 g/mol. The molecule has 0 aliphatic rings. The molecule has 1 amide bonds. The van der Waals surface area contributed by atoms with Gasteiger partial charge in [-0.25, -0.2) is 0 Å². The van der Waals surface area contributed by atoms with Gasteiger partial charge in [0.15, 0.2) is 5.76 Å². The molecule has 3 rings (SSSR count). The number of benzene rings is 2. The highest BCUT2D eigenvalue weighted by Crippen LogP contribution is 2.35. The maximum absolute atomic E-state index is 12.2. The lowest BCUT2D eigenvalue weighted by molar-refractivity contribution is 0.0799. The van der Waals surface area contributed by atoms with Crippen LogP contribution in [0.25, 0.3) is 22.1 Å². The van der Waals surface area contributed by atoms with E-state index < -0.39 is 0 Å². The zero-order valence-electron chi connectivity index (χ0n) is 14.3. The Bertz CT molecular complexity index is 889. The van der Waals surface area contributed by atoms with Crippen molar-refractivity contribution in [3.63, 3.8) is 0 Å². The van der Waals surface area contributed by atoms with Crippen molar-refractivity contribution in [2.24, 2.45) is 0 Å². The molecule has 0 unspecified atom stereocenters. The molecule has 2 aromatic carbocycles. The Morgan fingerprint density at radius 3 is 2.33 bits per heavy atom. The molecule has 1 heterocycles. The third-order valence-electron chi connectivity index (χ3n) is 4.10. The Kier molecular flexibility index (Phi) is 4.06. The number of nitrogens with zero attached hydrogens (tertiary/aromatic N) is 1. The summed E-state index contributed by atoms with van der Waals surface area (Å²) in [7, 11) is 3.41. The number of furan rings is 1. The second-order valence-electron chi connectivity index (χ2n) is 6.50. The summed E-state index contributed by atoms with van der Waals surface area (Å²) in [4.78, 5) is 13.7. The average Bonchev–Trinajstić information content (AvgIpc) is 2.97. The zero-order chi connectivity index (χ0) is 17.4. The van der Waals surface area contributed by atoms with E-state index in [1.165, 1.54) is 10.5 Å². The first-order chi connectivity index (χ1) is 11.4. The highest BCUT2D eigenvalue weighted by Gasteiger charge is 2.18. The summed E-state index contributed by atoms with van der Waals surface area (Å²) >= 11 is 0. The molecule has 0 saturated carbocycles. The molecular formula is C20H21NO3. The Morgan fingerprint density at radius 1 is 1.08 bits per heavy atom. The van der Waals surface area contributed by atoms with E-state index in [9.17, 15) is 9.90 Å². The fourth-order valence-corrected chi connectivity index (χ4v) is 2.69. The van der Waals surface area contributed by atoms with Crippen LogP contribution < -0.4 is 0 Å². The van der Waals surface area contributed by atoms with Crippen LogP contribution in [0, 0.1) is 0 Å². The number of hydrogen-bond donors (Lipinski definition) is 1. The number of aromatic hydroxyl groups is 1. The van der Waals surface area contributed by atoms with Gasteiger partial charge in [0, 0.05) is 25.0 Å². The van der Waals surface area contributed by atoms with Crippen molar-refractivity contribution in [3.05, 3.63) is 53.8 Å². The monoisotopic (exact) mass is 323 g/mol. The second kappa shape index (κ2) is 6.04. The quantitative estimate of drug-likeness (QED) is 0.764. The van der Waals surface area contributed by atoms with Crippen LogP contribution in [0.15, 0.2) is 46.9 Å². The Hall–Kier alpha value is -2.75. The van der Waals surface area contributed by atoms with Gasteiger partial charge >= 0.3 is 0 Å². The van der Waals surface area contributed by atoms with Gasteiger partial charge in [-0.15, -0.1) is 0 Å². The second-order valence-corrected chi connectivity index (χ2v) is 6.50. The van der Waals surface area contributed by atoms with Crippen molar-refractivity contribution in [1.82, 2.24) is 4.90 Å². The lowest BCUT2D eigenvalue weighted by Gasteiger charge is -2.10. The van der Waals surface area contributed by atoms with Gasteiger partial charge in [-0.3, -0.25) is 4.79 Å². The molecule has 1 N–H and O–H groups in total. The summed E-state index contributed by atoms with van der Waals surface area (Å²) in [5.41, 5.74) is 3.73. The molecule has 24 heavy (non-hydrogen) atoms. The molecule has 1 aromatic heterocycles. The third kappa shape index (κ3) is 2.87. The molecule has 0 aliphatic carbocycles. The first kappa shape index (κ1) is 16.1. The minimum Gasteiger partial charge on any atom is -0.508 e. The predicted octanol–water partition coefficient (Wildman–Crippen LogP) is 4.63. The fraction of sp³-hybridized carbons (Fsp3) is 0.250. The predicted molar refractivity (Wildman–Crippen MR) is 95.4 cm³/mol. The summed E-state index contributed by atoms with van der Waals surface area (Å²) in [6.45, 7) is 4.27. The minimum atomic E-state index is -0.158. The third-order valence-corrected chi connectivity index (χ3v) is 4.10. The Balaban J connectivity index is 2.25. The van der Waals surface area contributed by atoms with E-state index in [2.05, 4.69) is 26.0 Å². The molecule has 0 radical (unpaired) electrons. The standard InChI is InChI=1S/C20H21NO3/c1-12(2)14-9-15-11-18(20(23)21(3)4)24-19(15)17(10-14)13-5-7-16(22)8-6-13/h5-12,22H,1-4H3. The van der Waals surface area contributed by atoms with E-state index in [-0.39, 0.29) is 11.7 Å². The molecule has 0 aliphatic heterocycles. The summed E-state index contributed by atoms with van der Waals surface area (Å²) in [6.07, 6.45) is 0. The Labute approximate surface area is 141 Å². The largest absolute Gasteiger partial charge is 0.508 e. The number of phenolic OH excluding ortho intramolecular Hbond substituents is 1. The van der Waals surface area contributed by atoms with Crippen LogP contribution >= 0.6 is 0 Å². The molecule has 3 aromatic rings. The highest BCUT2D eigenvalue weighted by atomic mass is 16.3. The van der Waals surface area contributed by atoms with Crippen molar-refractivity contribution in [3.8, 4) is 16.9 Å². The maximum atomic E-state index is 12.2. The molecule has 4 heteroatoms. The molecule has 4 nitrogen and oxygen atoms in total. The van der Waals surface area contributed by atoms with Crippen molar-refractivity contribution in [2.45, 2.75) is 19.8 Å². The molecule has 124 valence electrons. The van der Waals surface area contributed by atoms with Gasteiger partial charge in [0.2, 0.25) is 0 Å². The molecule has 0 bridgehead atoms. The van der Waals surface area contributed by atoms with Gasteiger partial charge in [0.25, 0.3) is 5.91 Å². The SMILES string of the molecule is CC(C)c1cc(-c2ccc(O)cc2)c2oc(C(=O)N(C)C)cc2c1. The van der Waals surface area contributed by atoms with E-state index in [0.717, 1.165) is 16.5 Å². The van der Waals surface area contributed by atoms with Crippen LogP contribution in [-0.4, -0.2) is 30.0 Å². The van der Waals surface area contributed by atoms with Crippen molar-refractivity contribution < 1.29 is 14.3 Å². The fourth-order valence-electron chi connectivity index (χ4n) is 2.69. The van der Waals surface area contributed by atoms with Crippen LogP contribution in [0.1, 0.15) is 35.9 Å². The number of amides is 1.